The van der Waals surface area contributed by atoms with Crippen LogP contribution in [0.2, 0.25) is 5.02 Å². The van der Waals surface area contributed by atoms with Gasteiger partial charge in [-0.05, 0) is 44.2 Å². The van der Waals surface area contributed by atoms with Crippen molar-refractivity contribution in [2.24, 2.45) is 0 Å². The molecule has 5 nitrogen and oxygen atoms in total. The number of hydrogen-bond donors (Lipinski definition) is 0. The number of nitrogens with zero attached hydrogens (tertiary/aromatic N) is 1. The molecule has 3 rings (SSSR count). The second-order valence-corrected chi connectivity index (χ2v) is 10.6. The van der Waals surface area contributed by atoms with Gasteiger partial charge in [-0.25, -0.2) is 8.42 Å². The Morgan fingerprint density at radius 3 is 2.42 bits per heavy atom. The van der Waals surface area contributed by atoms with Gasteiger partial charge in [0, 0.05) is 17.3 Å². The molecule has 128 valence electrons. The van der Waals surface area contributed by atoms with Crippen LogP contribution >= 0.6 is 19.1 Å². The minimum atomic E-state index is -3.99. The summed E-state index contributed by atoms with van der Waals surface area (Å²) in [7, 11) is -7.59. The van der Waals surface area contributed by atoms with Gasteiger partial charge in [0.05, 0.1) is 10.9 Å². The third kappa shape index (κ3) is 2.88. The van der Waals surface area contributed by atoms with E-state index in [-0.39, 0.29) is 4.90 Å². The van der Waals surface area contributed by atoms with Gasteiger partial charge in [0.15, 0.2) is 0 Å². The van der Waals surface area contributed by atoms with Crippen molar-refractivity contribution in [2.45, 2.75) is 24.8 Å². The molecule has 1 aliphatic heterocycles. The zero-order valence-electron chi connectivity index (χ0n) is 13.4. The highest BCUT2D eigenvalue weighted by Crippen LogP contribution is 2.60. The minimum absolute atomic E-state index is 0.0797. The lowest BCUT2D eigenvalue weighted by Crippen LogP contribution is -2.35. The van der Waals surface area contributed by atoms with Gasteiger partial charge in [-0.3, -0.25) is 4.57 Å². The highest BCUT2D eigenvalue weighted by atomic mass is 35.5. The predicted molar refractivity (Wildman–Crippen MR) is 94.2 cm³/mol. The molecule has 0 aliphatic carbocycles. The monoisotopic (exact) mass is 385 g/mol. The molecule has 1 aliphatic rings. The molecule has 0 N–H and O–H groups in total. The average molecular weight is 386 g/mol. The van der Waals surface area contributed by atoms with Crippen LogP contribution in [0.3, 0.4) is 0 Å². The molecule has 8 heteroatoms. The summed E-state index contributed by atoms with van der Waals surface area (Å²) in [6.07, 6.45) is 0. The van der Waals surface area contributed by atoms with E-state index in [0.717, 1.165) is 9.64 Å². The predicted octanol–water partition coefficient (Wildman–Crippen LogP) is 4.62. The average Bonchev–Trinajstić information content (AvgIpc) is 2.47. The Kier molecular flexibility index (Phi) is 4.29. The molecule has 0 unspecified atom stereocenters. The topological polar surface area (TPSA) is 63.7 Å². The summed E-state index contributed by atoms with van der Waals surface area (Å²) in [6.45, 7) is 4.86. The van der Waals surface area contributed by atoms with Crippen LogP contribution in [0.4, 0.5) is 0 Å². The van der Waals surface area contributed by atoms with Crippen LogP contribution in [0, 0.1) is 6.92 Å². The highest BCUT2D eigenvalue weighted by Gasteiger charge is 2.47. The number of aryl methyl sites for hydroxylation is 1. The van der Waals surface area contributed by atoms with Crippen molar-refractivity contribution < 1.29 is 17.5 Å². The summed E-state index contributed by atoms with van der Waals surface area (Å²) in [5.41, 5.74) is 1.53. The zero-order chi connectivity index (χ0) is 17.7. The van der Waals surface area contributed by atoms with Crippen LogP contribution < -0.4 is 4.52 Å². The molecule has 2 atom stereocenters. The van der Waals surface area contributed by atoms with Crippen molar-refractivity contribution in [3.63, 3.8) is 0 Å². The molecule has 0 saturated carbocycles. The lowest BCUT2D eigenvalue weighted by Gasteiger charge is -2.38. The molecule has 0 aromatic heterocycles. The maximum Gasteiger partial charge on any atom is 0.330 e. The lowest BCUT2D eigenvalue weighted by molar-refractivity contribution is 0.361. The van der Waals surface area contributed by atoms with Crippen LogP contribution in [0.5, 0.6) is 5.75 Å². The summed E-state index contributed by atoms with van der Waals surface area (Å²) in [5, 5.41) is 0.463. The van der Waals surface area contributed by atoms with Gasteiger partial charge in [-0.2, -0.15) is 0 Å². The van der Waals surface area contributed by atoms with Crippen molar-refractivity contribution in [3.8, 4) is 5.75 Å². The maximum absolute atomic E-state index is 13.1. The summed E-state index contributed by atoms with van der Waals surface area (Å²) < 4.78 is 45.6. The van der Waals surface area contributed by atoms with E-state index >= 15 is 0 Å². The standard InChI is InChI=1S/C16H17ClNO4PS/c1-11-4-7-14(8-5-11)24(20,21)18-12(2)15-10-13(17)6-9-16(15)22-23(18,3)19/h4-10,12H,1-3H3/t12-,23-/m1/s1. The SMILES string of the molecule is Cc1ccc(S(=O)(=O)N2[C@H](C)c3cc(Cl)ccc3O[P@@]2(C)=O)cc1. The van der Waals surface area contributed by atoms with Crippen LogP contribution in [-0.2, 0) is 14.6 Å². The van der Waals surface area contributed by atoms with Crippen molar-refractivity contribution >= 4 is 29.1 Å². The Bertz CT molecular complexity index is 943. The zero-order valence-corrected chi connectivity index (χ0v) is 15.9. The van der Waals surface area contributed by atoms with E-state index in [2.05, 4.69) is 0 Å². The first-order valence-corrected chi connectivity index (χ1v) is 11.2. The lowest BCUT2D eigenvalue weighted by atomic mass is 10.1. The Labute approximate surface area is 146 Å². The first-order chi connectivity index (χ1) is 11.1. The van der Waals surface area contributed by atoms with Crippen LogP contribution in [0.1, 0.15) is 24.1 Å². The Hall–Kier alpha value is -1.33. The number of rotatable bonds is 2. The number of hydrogen-bond acceptors (Lipinski definition) is 4. The minimum Gasteiger partial charge on any atom is -0.432 e. The Morgan fingerprint density at radius 2 is 1.79 bits per heavy atom. The molecule has 0 bridgehead atoms. The van der Waals surface area contributed by atoms with Gasteiger partial charge < -0.3 is 4.52 Å². The van der Waals surface area contributed by atoms with Gasteiger partial charge >= 0.3 is 7.52 Å². The largest absolute Gasteiger partial charge is 0.432 e. The summed E-state index contributed by atoms with van der Waals surface area (Å²) in [5.74, 6) is 0.396. The first-order valence-electron chi connectivity index (χ1n) is 7.31. The van der Waals surface area contributed by atoms with Crippen LogP contribution in [0.15, 0.2) is 47.4 Å². The molecule has 0 radical (unpaired) electrons. The molecular weight excluding hydrogens is 369 g/mol. The molecule has 0 amide bonds. The van der Waals surface area contributed by atoms with E-state index in [4.69, 9.17) is 16.1 Å². The maximum atomic E-state index is 13.1. The van der Waals surface area contributed by atoms with Gasteiger partial charge in [-0.15, -0.1) is 4.08 Å². The number of fused-ring (bicyclic) bond motifs is 1. The number of halogens is 1. The van der Waals surface area contributed by atoms with E-state index in [1.165, 1.54) is 18.8 Å². The fraction of sp³-hybridized carbons (Fsp3) is 0.250. The molecule has 1 heterocycles. The molecule has 0 saturated heterocycles. The second kappa shape index (κ2) is 5.88. The molecule has 0 fully saturated rings. The first kappa shape index (κ1) is 17.5. The van der Waals surface area contributed by atoms with Crippen molar-refractivity contribution in [1.29, 1.82) is 0 Å². The third-order valence-corrected chi connectivity index (χ3v) is 8.99. The van der Waals surface area contributed by atoms with Crippen molar-refractivity contribution in [2.75, 3.05) is 6.66 Å². The normalized spacial score (nSPS) is 24.2. The summed E-state index contributed by atoms with van der Waals surface area (Å²) in [6, 6.07) is 10.6. The highest BCUT2D eigenvalue weighted by molar-refractivity contribution is 7.94. The van der Waals surface area contributed by atoms with Gasteiger partial charge in [-0.1, -0.05) is 29.3 Å². The Morgan fingerprint density at radius 1 is 1.17 bits per heavy atom. The van der Waals surface area contributed by atoms with Gasteiger partial charge in [0.1, 0.15) is 5.75 Å². The van der Waals surface area contributed by atoms with E-state index in [0.29, 0.717) is 16.3 Å². The molecule has 0 spiro atoms. The fourth-order valence-electron chi connectivity index (χ4n) is 2.81. The Balaban J connectivity index is 2.15. The fourth-order valence-corrected chi connectivity index (χ4v) is 7.52. The molecule has 24 heavy (non-hydrogen) atoms. The molecule has 2 aromatic rings. The van der Waals surface area contributed by atoms with E-state index < -0.39 is 23.6 Å². The second-order valence-electron chi connectivity index (χ2n) is 5.84. The van der Waals surface area contributed by atoms with Gasteiger partial charge in [0.25, 0.3) is 10.0 Å². The smallest absolute Gasteiger partial charge is 0.330 e. The van der Waals surface area contributed by atoms with Crippen molar-refractivity contribution in [1.82, 2.24) is 4.08 Å². The van der Waals surface area contributed by atoms with E-state index in [1.54, 1.807) is 37.3 Å². The van der Waals surface area contributed by atoms with Crippen LogP contribution in [0.25, 0.3) is 0 Å². The third-order valence-electron chi connectivity index (χ3n) is 3.94. The van der Waals surface area contributed by atoms with E-state index in [1.807, 2.05) is 6.92 Å². The van der Waals surface area contributed by atoms with E-state index in [9.17, 15) is 13.0 Å². The van der Waals surface area contributed by atoms with Gasteiger partial charge in [0.2, 0.25) is 0 Å². The van der Waals surface area contributed by atoms with Crippen molar-refractivity contribution in [3.05, 3.63) is 58.6 Å². The summed E-state index contributed by atoms with van der Waals surface area (Å²) >= 11 is 6.02. The number of benzene rings is 2. The molecule has 2 aromatic carbocycles. The quantitative estimate of drug-likeness (QED) is 0.708. The summed E-state index contributed by atoms with van der Waals surface area (Å²) in [4.78, 5) is 0.0797. The molecular formula is C16H17ClNO4PS. The van der Waals surface area contributed by atoms with Crippen LogP contribution in [-0.4, -0.2) is 19.2 Å². The number of sulfonamides is 1.